The quantitative estimate of drug-likeness (QED) is 0.791. The van der Waals surface area contributed by atoms with Gasteiger partial charge in [0.25, 0.3) is 0 Å². The van der Waals surface area contributed by atoms with Crippen LogP contribution in [-0.2, 0) is 16.1 Å². The van der Waals surface area contributed by atoms with Gasteiger partial charge in [0.2, 0.25) is 11.8 Å². The fraction of sp³-hybridized carbons (Fsp3) is 0.455. The van der Waals surface area contributed by atoms with Crippen molar-refractivity contribution in [3.63, 3.8) is 0 Å². The van der Waals surface area contributed by atoms with E-state index in [9.17, 15) is 9.59 Å². The molecule has 1 saturated heterocycles. The number of benzene rings is 2. The average Bonchev–Trinajstić information content (AvgIpc) is 2.64. The number of amides is 2. The highest BCUT2D eigenvalue weighted by Crippen LogP contribution is 2.19. The van der Waals surface area contributed by atoms with E-state index >= 15 is 0 Å². The first-order valence-corrected chi connectivity index (χ1v) is 9.79. The van der Waals surface area contributed by atoms with Gasteiger partial charge >= 0.3 is 0 Å². The summed E-state index contributed by atoms with van der Waals surface area (Å²) in [7, 11) is 0. The number of hydrogen-bond acceptors (Lipinski definition) is 3. The van der Waals surface area contributed by atoms with Crippen molar-refractivity contribution in [1.82, 2.24) is 15.5 Å². The molecule has 2 amide bonds. The van der Waals surface area contributed by atoms with Crippen LogP contribution >= 0.6 is 0 Å². The molecule has 1 heterocycles. The lowest BCUT2D eigenvalue weighted by Crippen LogP contribution is -2.56. The van der Waals surface area contributed by atoms with Crippen LogP contribution in [0.2, 0.25) is 0 Å². The van der Waals surface area contributed by atoms with Crippen molar-refractivity contribution in [2.75, 3.05) is 19.6 Å². The molecule has 0 spiro atoms. The summed E-state index contributed by atoms with van der Waals surface area (Å²) in [6.07, 6.45) is 1.15. The minimum absolute atomic E-state index is 0.0544. The summed E-state index contributed by atoms with van der Waals surface area (Å²) in [6.45, 7) is 6.97. The lowest BCUT2D eigenvalue weighted by atomic mass is 10.0. The van der Waals surface area contributed by atoms with Crippen molar-refractivity contribution in [2.24, 2.45) is 5.92 Å². The predicted octanol–water partition coefficient (Wildman–Crippen LogP) is 2.69. The first-order valence-electron chi connectivity index (χ1n) is 9.79. The highest BCUT2D eigenvalue weighted by molar-refractivity contribution is 5.89. The van der Waals surface area contributed by atoms with Gasteiger partial charge in [-0.25, -0.2) is 0 Å². The molecule has 1 fully saturated rings. The van der Waals surface area contributed by atoms with E-state index < -0.39 is 6.04 Å². The second-order valence-corrected chi connectivity index (χ2v) is 7.70. The third-order valence-corrected chi connectivity index (χ3v) is 5.06. The SMILES string of the molecule is CC(C)CCNC(=O)CC1C(=O)NCCN1Cc1ccc2ccccc2c1. The number of carbonyl (C=O) groups excluding carboxylic acids is 2. The predicted molar refractivity (Wildman–Crippen MR) is 108 cm³/mol. The molecule has 5 heteroatoms. The van der Waals surface area contributed by atoms with E-state index in [0.717, 1.165) is 18.5 Å². The van der Waals surface area contributed by atoms with Crippen LogP contribution in [0.15, 0.2) is 42.5 Å². The van der Waals surface area contributed by atoms with Crippen LogP contribution in [0.25, 0.3) is 10.8 Å². The van der Waals surface area contributed by atoms with Gasteiger partial charge in [0.1, 0.15) is 0 Å². The number of rotatable bonds is 7. The Kier molecular flexibility index (Phi) is 6.45. The smallest absolute Gasteiger partial charge is 0.237 e. The minimum atomic E-state index is -0.413. The molecule has 0 aromatic heterocycles. The van der Waals surface area contributed by atoms with Crippen LogP contribution < -0.4 is 10.6 Å². The fourth-order valence-corrected chi connectivity index (χ4v) is 3.49. The van der Waals surface area contributed by atoms with Crippen LogP contribution in [0.3, 0.4) is 0 Å². The van der Waals surface area contributed by atoms with Crippen LogP contribution in [0, 0.1) is 5.92 Å². The van der Waals surface area contributed by atoms with Crippen molar-refractivity contribution >= 4 is 22.6 Å². The Morgan fingerprint density at radius 2 is 2.00 bits per heavy atom. The number of carbonyl (C=O) groups is 2. The topological polar surface area (TPSA) is 61.4 Å². The summed E-state index contributed by atoms with van der Waals surface area (Å²) in [5, 5.41) is 8.24. The summed E-state index contributed by atoms with van der Waals surface area (Å²) in [4.78, 5) is 26.8. The average molecular weight is 367 g/mol. The zero-order valence-corrected chi connectivity index (χ0v) is 16.2. The van der Waals surface area contributed by atoms with Crippen molar-refractivity contribution in [3.05, 3.63) is 48.0 Å². The molecule has 144 valence electrons. The zero-order valence-electron chi connectivity index (χ0n) is 16.2. The molecule has 2 aromatic rings. The molecule has 5 nitrogen and oxygen atoms in total. The van der Waals surface area contributed by atoms with Crippen LogP contribution in [-0.4, -0.2) is 42.4 Å². The monoisotopic (exact) mass is 367 g/mol. The number of fused-ring (bicyclic) bond motifs is 1. The second-order valence-electron chi connectivity index (χ2n) is 7.70. The Labute approximate surface area is 161 Å². The standard InChI is InChI=1S/C22H29N3O2/c1-16(2)9-10-23-21(26)14-20-22(27)24-11-12-25(20)15-17-7-8-18-5-3-4-6-19(18)13-17/h3-8,13,16,20H,9-12,14-15H2,1-2H3,(H,23,26)(H,24,27). The van der Waals surface area contributed by atoms with Crippen molar-refractivity contribution in [3.8, 4) is 0 Å². The van der Waals surface area contributed by atoms with E-state index in [1.54, 1.807) is 0 Å². The summed E-state index contributed by atoms with van der Waals surface area (Å²) in [5.74, 6) is 0.440. The van der Waals surface area contributed by atoms with Gasteiger partial charge in [-0.1, -0.05) is 50.2 Å². The lowest BCUT2D eigenvalue weighted by Gasteiger charge is -2.34. The molecule has 1 aliphatic rings. The first kappa shape index (κ1) is 19.4. The number of nitrogens with one attached hydrogen (secondary N) is 2. The Morgan fingerprint density at radius 3 is 2.78 bits per heavy atom. The van der Waals surface area contributed by atoms with Crippen LogP contribution in [0.4, 0.5) is 0 Å². The minimum Gasteiger partial charge on any atom is -0.356 e. The van der Waals surface area contributed by atoms with Gasteiger partial charge in [-0.3, -0.25) is 14.5 Å². The molecule has 2 aromatic carbocycles. The maximum absolute atomic E-state index is 12.4. The highest BCUT2D eigenvalue weighted by atomic mass is 16.2. The molecular formula is C22H29N3O2. The van der Waals surface area contributed by atoms with Gasteiger partial charge in [0.15, 0.2) is 0 Å². The lowest BCUT2D eigenvalue weighted by molar-refractivity contribution is -0.134. The van der Waals surface area contributed by atoms with Gasteiger partial charge < -0.3 is 10.6 Å². The molecule has 1 atom stereocenters. The number of piperazine rings is 1. The molecule has 27 heavy (non-hydrogen) atoms. The van der Waals surface area contributed by atoms with E-state index in [1.807, 2.05) is 12.1 Å². The molecule has 3 rings (SSSR count). The van der Waals surface area contributed by atoms with Crippen molar-refractivity contribution in [2.45, 2.75) is 39.3 Å². The van der Waals surface area contributed by atoms with Crippen molar-refractivity contribution < 1.29 is 9.59 Å². The molecule has 1 unspecified atom stereocenters. The summed E-state index contributed by atoms with van der Waals surface area (Å²) in [6, 6.07) is 14.2. The van der Waals surface area contributed by atoms with E-state index in [4.69, 9.17) is 0 Å². The number of hydrogen-bond donors (Lipinski definition) is 2. The van der Waals surface area contributed by atoms with Crippen molar-refractivity contribution in [1.29, 1.82) is 0 Å². The Morgan fingerprint density at radius 1 is 1.22 bits per heavy atom. The van der Waals surface area contributed by atoms with Gasteiger partial charge in [0, 0.05) is 26.2 Å². The molecule has 2 N–H and O–H groups in total. The summed E-state index contributed by atoms with van der Waals surface area (Å²) in [5.41, 5.74) is 1.16. The molecular weight excluding hydrogens is 338 g/mol. The Bertz CT molecular complexity index is 803. The maximum Gasteiger partial charge on any atom is 0.237 e. The van der Waals surface area contributed by atoms with Gasteiger partial charge in [0.05, 0.1) is 12.5 Å². The zero-order chi connectivity index (χ0) is 19.2. The summed E-state index contributed by atoms with van der Waals surface area (Å²) >= 11 is 0. The molecule has 0 saturated carbocycles. The molecule has 1 aliphatic heterocycles. The van der Waals surface area contributed by atoms with E-state index in [1.165, 1.54) is 10.8 Å². The van der Waals surface area contributed by atoms with E-state index in [-0.39, 0.29) is 18.2 Å². The van der Waals surface area contributed by atoms with E-state index in [0.29, 0.717) is 25.6 Å². The van der Waals surface area contributed by atoms with Gasteiger partial charge in [-0.15, -0.1) is 0 Å². The largest absolute Gasteiger partial charge is 0.356 e. The number of nitrogens with zero attached hydrogens (tertiary/aromatic N) is 1. The third kappa shape index (κ3) is 5.30. The normalized spacial score (nSPS) is 17.9. The first-order chi connectivity index (χ1) is 13.0. The molecule has 0 radical (unpaired) electrons. The maximum atomic E-state index is 12.4. The molecule has 0 bridgehead atoms. The van der Waals surface area contributed by atoms with Gasteiger partial charge in [-0.05, 0) is 34.7 Å². The van der Waals surface area contributed by atoms with Crippen LogP contribution in [0.5, 0.6) is 0 Å². The highest BCUT2D eigenvalue weighted by Gasteiger charge is 2.31. The Balaban J connectivity index is 1.65. The van der Waals surface area contributed by atoms with Gasteiger partial charge in [-0.2, -0.15) is 0 Å². The third-order valence-electron chi connectivity index (χ3n) is 5.06. The summed E-state index contributed by atoms with van der Waals surface area (Å²) < 4.78 is 0. The molecule has 0 aliphatic carbocycles. The second kappa shape index (κ2) is 9.00. The Hall–Kier alpha value is -2.40. The fourth-order valence-electron chi connectivity index (χ4n) is 3.49. The van der Waals surface area contributed by atoms with E-state index in [2.05, 4.69) is 59.7 Å². The van der Waals surface area contributed by atoms with Crippen LogP contribution in [0.1, 0.15) is 32.3 Å².